The first-order valence-corrected chi connectivity index (χ1v) is 12.0. The fourth-order valence-corrected chi connectivity index (χ4v) is 3.93. The number of halogens is 1. The molecule has 172 valence electrons. The van der Waals surface area contributed by atoms with Crippen molar-refractivity contribution >= 4 is 26.7 Å². The van der Waals surface area contributed by atoms with Crippen LogP contribution in [0.1, 0.15) is 40.2 Å². The standard InChI is InChI=1S/C10H8Br.C10H15.2C6H5.Zr/c1-7-5-8-3-2-4-10(11)9(8)6-7;1-7-6-10(4,5)9(3)8(7)2;2*1-2-4-6-5-3-1;/h2-6H,1H3;1-5H3;2*1-5H;/q4*-1;+4. The number of benzene rings is 3. The van der Waals surface area contributed by atoms with E-state index >= 15 is 0 Å². The Kier molecular flexibility index (Phi) is 13.5. The molecule has 5 rings (SSSR count). The van der Waals surface area contributed by atoms with Crippen molar-refractivity contribution in [3.05, 3.63) is 136 Å². The first-order valence-electron chi connectivity index (χ1n) is 11.2. The molecule has 1 aliphatic rings. The van der Waals surface area contributed by atoms with Crippen LogP contribution in [-0.4, -0.2) is 0 Å². The van der Waals surface area contributed by atoms with Gasteiger partial charge in [-0.05, 0) is 4.47 Å². The maximum atomic E-state index is 3.51. The minimum absolute atomic E-state index is 0. The summed E-state index contributed by atoms with van der Waals surface area (Å²) in [6, 6.07) is 35.7. The molecule has 0 saturated heterocycles. The summed E-state index contributed by atoms with van der Waals surface area (Å²) in [4.78, 5) is 0. The SMILES string of the molecule is CC1=[C-]C(C)(C)C(C)=C1C.Cc1cc2c(Br)cccc2[cH-]1.[Zr+4].[c-]1ccccc1.[c-]1ccccc1. The van der Waals surface area contributed by atoms with Crippen molar-refractivity contribution in [2.45, 2.75) is 41.5 Å². The maximum absolute atomic E-state index is 3.51. The van der Waals surface area contributed by atoms with Crippen LogP contribution in [0.4, 0.5) is 0 Å². The van der Waals surface area contributed by atoms with E-state index in [-0.39, 0.29) is 31.6 Å². The Morgan fingerprint density at radius 3 is 1.59 bits per heavy atom. The molecule has 0 nitrogen and oxygen atoms in total. The Morgan fingerprint density at radius 1 is 0.765 bits per heavy atom. The Balaban J connectivity index is 0.000000232. The minimum atomic E-state index is 0. The first kappa shape index (κ1) is 30.1. The zero-order valence-corrected chi connectivity index (χ0v) is 25.1. The molecule has 0 spiro atoms. The van der Waals surface area contributed by atoms with E-state index in [1.807, 2.05) is 60.7 Å². The van der Waals surface area contributed by atoms with E-state index in [9.17, 15) is 0 Å². The smallest absolute Gasteiger partial charge is 0.263 e. The second kappa shape index (κ2) is 15.2. The van der Waals surface area contributed by atoms with E-state index < -0.39 is 0 Å². The van der Waals surface area contributed by atoms with Crippen LogP contribution in [0.3, 0.4) is 0 Å². The van der Waals surface area contributed by atoms with Gasteiger partial charge >= 0.3 is 26.2 Å². The average Bonchev–Trinajstić information content (AvgIpc) is 3.30. The Labute approximate surface area is 234 Å². The van der Waals surface area contributed by atoms with Gasteiger partial charge in [0.25, 0.3) is 0 Å². The van der Waals surface area contributed by atoms with Gasteiger partial charge in [-0.2, -0.15) is 90.0 Å². The second-order valence-electron chi connectivity index (χ2n) is 8.56. The van der Waals surface area contributed by atoms with Crippen molar-refractivity contribution < 1.29 is 26.2 Å². The molecule has 0 saturated carbocycles. The molecule has 2 heteroatoms. The predicted molar refractivity (Wildman–Crippen MR) is 147 cm³/mol. The normalized spacial score (nSPS) is 13.2. The molecule has 0 amide bonds. The molecule has 0 heterocycles. The monoisotopic (exact) mass is 586 g/mol. The quantitative estimate of drug-likeness (QED) is 0.179. The Bertz CT molecular complexity index is 1080. The third-order valence-corrected chi connectivity index (χ3v) is 6.31. The molecule has 0 atom stereocenters. The number of fused-ring (bicyclic) bond motifs is 1. The zero-order chi connectivity index (χ0) is 24.3. The Morgan fingerprint density at radius 2 is 1.29 bits per heavy atom. The molecule has 0 radical (unpaired) electrons. The summed E-state index contributed by atoms with van der Waals surface area (Å²) < 4.78 is 1.18. The molecule has 1 aliphatic carbocycles. The van der Waals surface area contributed by atoms with Crippen molar-refractivity contribution in [3.8, 4) is 0 Å². The van der Waals surface area contributed by atoms with Gasteiger partial charge in [0.15, 0.2) is 0 Å². The number of allylic oxidation sites excluding steroid dienone is 4. The summed E-state index contributed by atoms with van der Waals surface area (Å²) in [5, 5.41) is 2.63. The van der Waals surface area contributed by atoms with Crippen molar-refractivity contribution in [2.75, 3.05) is 0 Å². The van der Waals surface area contributed by atoms with Gasteiger partial charge in [-0.15, -0.1) is 41.5 Å². The van der Waals surface area contributed by atoms with Gasteiger partial charge in [0, 0.05) is 0 Å². The molecule has 4 aromatic rings. The molecule has 0 unspecified atom stereocenters. The molecule has 0 fully saturated rings. The van der Waals surface area contributed by atoms with Crippen LogP contribution < -0.4 is 0 Å². The van der Waals surface area contributed by atoms with E-state index in [0.717, 1.165) is 0 Å². The zero-order valence-electron chi connectivity index (χ0n) is 21.0. The van der Waals surface area contributed by atoms with Gasteiger partial charge in [-0.3, -0.25) is 6.08 Å². The van der Waals surface area contributed by atoms with Crippen LogP contribution in [0.5, 0.6) is 0 Å². The number of hydrogen-bond acceptors (Lipinski definition) is 0. The van der Waals surface area contributed by atoms with E-state index in [1.54, 1.807) is 0 Å². The van der Waals surface area contributed by atoms with Gasteiger partial charge < -0.3 is 0 Å². The number of aryl methyl sites for hydroxylation is 1. The summed E-state index contributed by atoms with van der Waals surface area (Å²) in [5.74, 6) is 0. The molecule has 0 aromatic heterocycles. The van der Waals surface area contributed by atoms with Gasteiger partial charge in [0.05, 0.1) is 0 Å². The summed E-state index contributed by atoms with van der Waals surface area (Å²) >= 11 is 3.51. The van der Waals surface area contributed by atoms with Gasteiger partial charge in [-0.25, -0.2) is 5.57 Å². The summed E-state index contributed by atoms with van der Waals surface area (Å²) in [6.07, 6.45) is 3.44. The van der Waals surface area contributed by atoms with Crippen molar-refractivity contribution in [2.24, 2.45) is 5.41 Å². The van der Waals surface area contributed by atoms with Crippen LogP contribution in [0, 0.1) is 30.5 Å². The average molecular weight is 589 g/mol. The molecular weight excluding hydrogens is 555 g/mol. The molecule has 34 heavy (non-hydrogen) atoms. The maximum Gasteiger partial charge on any atom is 4.00 e. The third-order valence-electron chi connectivity index (χ3n) is 5.62. The van der Waals surface area contributed by atoms with E-state index in [0.29, 0.717) is 0 Å². The van der Waals surface area contributed by atoms with E-state index in [2.05, 4.69) is 106 Å². The van der Waals surface area contributed by atoms with Gasteiger partial charge in [-0.1, -0.05) is 62.0 Å². The summed E-state index contributed by atoms with van der Waals surface area (Å²) in [5.41, 5.74) is 5.72. The second-order valence-corrected chi connectivity index (χ2v) is 9.41. The van der Waals surface area contributed by atoms with Crippen LogP contribution >= 0.6 is 15.9 Å². The Hall–Kier alpha value is -1.89. The molecule has 4 aromatic carbocycles. The predicted octanol–water partition coefficient (Wildman–Crippen LogP) is 9.71. The van der Waals surface area contributed by atoms with Crippen molar-refractivity contribution in [3.63, 3.8) is 0 Å². The van der Waals surface area contributed by atoms with Crippen LogP contribution in [0.2, 0.25) is 0 Å². The van der Waals surface area contributed by atoms with Crippen molar-refractivity contribution in [1.82, 2.24) is 0 Å². The summed E-state index contributed by atoms with van der Waals surface area (Å²) in [7, 11) is 0. The summed E-state index contributed by atoms with van der Waals surface area (Å²) in [6.45, 7) is 13.0. The molecular formula is C32H33BrZr. The topological polar surface area (TPSA) is 0 Å². The van der Waals surface area contributed by atoms with Crippen LogP contribution in [0.25, 0.3) is 10.8 Å². The molecule has 0 bridgehead atoms. The third kappa shape index (κ3) is 9.77. The first-order chi connectivity index (χ1) is 15.7. The van der Waals surface area contributed by atoms with Crippen molar-refractivity contribution in [1.29, 1.82) is 0 Å². The molecule has 0 N–H and O–H groups in total. The number of hydrogen-bond donors (Lipinski definition) is 0. The molecule has 0 aliphatic heterocycles. The fraction of sp³-hybridized carbons (Fsp3) is 0.219. The van der Waals surface area contributed by atoms with E-state index in [4.69, 9.17) is 0 Å². The van der Waals surface area contributed by atoms with Gasteiger partial charge in [0.2, 0.25) is 0 Å². The fourth-order valence-electron chi connectivity index (χ4n) is 3.44. The van der Waals surface area contributed by atoms with Gasteiger partial charge in [0.1, 0.15) is 0 Å². The van der Waals surface area contributed by atoms with E-state index in [1.165, 1.54) is 37.5 Å². The van der Waals surface area contributed by atoms with Crippen LogP contribution in [-0.2, 0) is 26.2 Å². The minimum Gasteiger partial charge on any atom is -0.263 e. The number of rotatable bonds is 0. The van der Waals surface area contributed by atoms with Crippen LogP contribution in [0.15, 0.2) is 112 Å². The largest absolute Gasteiger partial charge is 4.00 e.